The minimum atomic E-state index is -4.91. The Hall–Kier alpha value is -2.13. The molecule has 9 heteroatoms. The molecule has 2 aromatic rings. The summed E-state index contributed by atoms with van der Waals surface area (Å²) in [4.78, 5) is 0. The van der Waals surface area contributed by atoms with E-state index in [9.17, 15) is 30.7 Å². The van der Waals surface area contributed by atoms with Crippen molar-refractivity contribution in [2.75, 3.05) is 13.1 Å². The molecule has 1 aliphatic rings. The van der Waals surface area contributed by atoms with Crippen LogP contribution in [0.2, 0.25) is 0 Å². The van der Waals surface area contributed by atoms with Crippen LogP contribution >= 0.6 is 0 Å². The van der Waals surface area contributed by atoms with Crippen molar-refractivity contribution in [3.63, 3.8) is 0 Å². The summed E-state index contributed by atoms with van der Waals surface area (Å²) in [6.45, 7) is 4.34. The fraction of sp³-hybridized carbons (Fsp3) is 0.455. The summed E-state index contributed by atoms with van der Waals surface area (Å²) in [7, 11) is 0. The fourth-order valence-corrected chi connectivity index (χ4v) is 3.98. The Morgan fingerprint density at radius 1 is 0.871 bits per heavy atom. The van der Waals surface area contributed by atoms with E-state index in [4.69, 9.17) is 4.74 Å². The monoisotopic (exact) mass is 449 g/mol. The molecule has 0 bridgehead atoms. The van der Waals surface area contributed by atoms with Gasteiger partial charge in [0, 0.05) is 24.9 Å². The Morgan fingerprint density at radius 3 is 1.94 bits per heavy atom. The van der Waals surface area contributed by atoms with E-state index in [-0.39, 0.29) is 29.3 Å². The van der Waals surface area contributed by atoms with Crippen molar-refractivity contribution in [3.8, 4) is 0 Å². The van der Waals surface area contributed by atoms with E-state index in [1.165, 1.54) is 19.1 Å². The zero-order valence-electron chi connectivity index (χ0n) is 16.8. The van der Waals surface area contributed by atoms with Crippen LogP contribution in [0.1, 0.15) is 48.1 Å². The second kappa shape index (κ2) is 8.78. The maximum atomic E-state index is 13.2. The lowest BCUT2D eigenvalue weighted by molar-refractivity contribution is -0.143. The first-order chi connectivity index (χ1) is 14.4. The molecule has 4 atom stereocenters. The van der Waals surface area contributed by atoms with Crippen LogP contribution < -0.4 is 5.32 Å². The first-order valence-electron chi connectivity index (χ1n) is 9.77. The molecule has 1 aliphatic heterocycles. The van der Waals surface area contributed by atoms with Crippen LogP contribution in [0.3, 0.4) is 0 Å². The number of alkyl halides is 6. The molecule has 1 fully saturated rings. The van der Waals surface area contributed by atoms with Gasteiger partial charge in [0.25, 0.3) is 0 Å². The summed E-state index contributed by atoms with van der Waals surface area (Å²) in [5, 5.41) is 3.22. The highest BCUT2D eigenvalue weighted by Gasteiger charge is 2.38. The molecular formula is C22H22F7NO. The van der Waals surface area contributed by atoms with Crippen LogP contribution in [-0.2, 0) is 17.1 Å². The normalized spacial score (nSPS) is 21.8. The van der Waals surface area contributed by atoms with Gasteiger partial charge in [-0.15, -0.1) is 0 Å². The van der Waals surface area contributed by atoms with E-state index < -0.39 is 35.7 Å². The van der Waals surface area contributed by atoms with Gasteiger partial charge in [0.05, 0.1) is 23.3 Å². The summed E-state index contributed by atoms with van der Waals surface area (Å²) >= 11 is 0. The molecule has 0 radical (unpaired) electrons. The quantitative estimate of drug-likeness (QED) is 0.539. The Balaban J connectivity index is 1.81. The molecule has 170 valence electrons. The lowest BCUT2D eigenvalue weighted by Gasteiger charge is -2.29. The maximum Gasteiger partial charge on any atom is 0.416 e. The minimum absolute atomic E-state index is 0.0185. The maximum absolute atomic E-state index is 13.2. The van der Waals surface area contributed by atoms with Gasteiger partial charge in [0.15, 0.2) is 0 Å². The third-order valence-corrected chi connectivity index (χ3v) is 5.66. The molecule has 0 spiro atoms. The van der Waals surface area contributed by atoms with Crippen molar-refractivity contribution in [1.29, 1.82) is 0 Å². The van der Waals surface area contributed by atoms with Crippen LogP contribution in [0.15, 0.2) is 42.5 Å². The fourth-order valence-electron chi connectivity index (χ4n) is 3.98. The van der Waals surface area contributed by atoms with Gasteiger partial charge in [-0.05, 0) is 55.3 Å². The minimum Gasteiger partial charge on any atom is -0.371 e. The number of nitrogens with one attached hydrogen (secondary N) is 1. The number of hydrogen-bond acceptors (Lipinski definition) is 2. The Kier molecular flexibility index (Phi) is 6.67. The molecule has 2 aromatic carbocycles. The largest absolute Gasteiger partial charge is 0.416 e. The average molecular weight is 449 g/mol. The predicted molar refractivity (Wildman–Crippen MR) is 101 cm³/mol. The molecule has 3 rings (SSSR count). The van der Waals surface area contributed by atoms with Crippen molar-refractivity contribution in [2.24, 2.45) is 5.92 Å². The van der Waals surface area contributed by atoms with E-state index in [1.807, 2.05) is 0 Å². The highest BCUT2D eigenvalue weighted by atomic mass is 19.4. The lowest BCUT2D eigenvalue weighted by Crippen LogP contribution is -2.28. The van der Waals surface area contributed by atoms with Gasteiger partial charge in [0.2, 0.25) is 0 Å². The van der Waals surface area contributed by atoms with E-state index in [2.05, 4.69) is 5.32 Å². The molecule has 0 aliphatic carbocycles. The Labute approximate surface area is 175 Å². The van der Waals surface area contributed by atoms with Crippen LogP contribution in [0.25, 0.3) is 0 Å². The van der Waals surface area contributed by atoms with Gasteiger partial charge >= 0.3 is 12.4 Å². The van der Waals surface area contributed by atoms with Crippen LogP contribution in [-0.4, -0.2) is 19.2 Å². The number of hydrogen-bond donors (Lipinski definition) is 1. The van der Waals surface area contributed by atoms with E-state index >= 15 is 0 Å². The van der Waals surface area contributed by atoms with Gasteiger partial charge in [-0.3, -0.25) is 0 Å². The molecule has 1 heterocycles. The van der Waals surface area contributed by atoms with Crippen LogP contribution in [0, 0.1) is 11.7 Å². The third-order valence-electron chi connectivity index (χ3n) is 5.66. The molecule has 0 amide bonds. The van der Waals surface area contributed by atoms with Crippen molar-refractivity contribution < 1.29 is 35.5 Å². The summed E-state index contributed by atoms with van der Waals surface area (Å²) in [5.74, 6) is -0.468. The van der Waals surface area contributed by atoms with Crippen LogP contribution in [0.5, 0.6) is 0 Å². The Bertz CT molecular complexity index is 860. The van der Waals surface area contributed by atoms with Crippen molar-refractivity contribution in [3.05, 3.63) is 70.5 Å². The summed E-state index contributed by atoms with van der Waals surface area (Å²) in [6, 6.07) is 7.51. The smallest absolute Gasteiger partial charge is 0.371 e. The molecule has 2 nitrogen and oxygen atoms in total. The number of rotatable bonds is 5. The van der Waals surface area contributed by atoms with E-state index in [1.54, 1.807) is 19.1 Å². The first kappa shape index (κ1) is 23.5. The van der Waals surface area contributed by atoms with Gasteiger partial charge in [-0.25, -0.2) is 4.39 Å². The zero-order valence-corrected chi connectivity index (χ0v) is 16.8. The SMILES string of the molecule is CC(OC(C)[C@@H]1CNCC1c1ccc(F)cc1)c1cc(C(F)(F)F)cc(C(F)(F)F)c1. The molecule has 1 N–H and O–H groups in total. The lowest BCUT2D eigenvalue weighted by atomic mass is 9.85. The first-order valence-corrected chi connectivity index (χ1v) is 9.77. The molecular weight excluding hydrogens is 427 g/mol. The van der Waals surface area contributed by atoms with Crippen molar-refractivity contribution in [2.45, 2.75) is 44.3 Å². The zero-order chi connectivity index (χ0) is 23.0. The standard InChI is InChI=1S/C22H22F7NO/c1-12(15-7-16(21(24,25)26)9-17(8-15)22(27,28)29)31-13(2)19-10-30-11-20(19)14-3-5-18(23)6-4-14/h3-9,12-13,19-20,30H,10-11H2,1-2H3/t12?,13?,19-,20?/m0/s1. The number of ether oxygens (including phenoxy) is 1. The molecule has 1 saturated heterocycles. The molecule has 0 aromatic heterocycles. The number of halogens is 7. The average Bonchev–Trinajstić information content (AvgIpc) is 3.16. The van der Waals surface area contributed by atoms with Gasteiger partial charge in [-0.2, -0.15) is 26.3 Å². The molecule has 3 unspecified atom stereocenters. The highest BCUT2D eigenvalue weighted by Crippen LogP contribution is 2.39. The van der Waals surface area contributed by atoms with E-state index in [0.717, 1.165) is 5.56 Å². The third kappa shape index (κ3) is 5.57. The summed E-state index contributed by atoms with van der Waals surface area (Å²) in [5.41, 5.74) is -2.05. The Morgan fingerprint density at radius 2 is 1.42 bits per heavy atom. The number of benzene rings is 2. The van der Waals surface area contributed by atoms with Crippen LogP contribution in [0.4, 0.5) is 30.7 Å². The molecule has 31 heavy (non-hydrogen) atoms. The van der Waals surface area contributed by atoms with Crippen molar-refractivity contribution in [1.82, 2.24) is 5.32 Å². The second-order valence-electron chi connectivity index (χ2n) is 7.80. The van der Waals surface area contributed by atoms with Gasteiger partial charge in [0.1, 0.15) is 5.82 Å². The highest BCUT2D eigenvalue weighted by molar-refractivity contribution is 5.34. The van der Waals surface area contributed by atoms with Gasteiger partial charge < -0.3 is 10.1 Å². The molecule has 0 saturated carbocycles. The van der Waals surface area contributed by atoms with Crippen molar-refractivity contribution >= 4 is 0 Å². The predicted octanol–water partition coefficient (Wildman–Crippen LogP) is 6.33. The van der Waals surface area contributed by atoms with Gasteiger partial charge in [-0.1, -0.05) is 12.1 Å². The summed E-state index contributed by atoms with van der Waals surface area (Å²) in [6.07, 6.45) is -11.3. The second-order valence-corrected chi connectivity index (χ2v) is 7.80. The topological polar surface area (TPSA) is 21.3 Å². The van der Waals surface area contributed by atoms with E-state index in [0.29, 0.717) is 25.2 Å². The summed E-state index contributed by atoms with van der Waals surface area (Å²) < 4.78 is 97.9.